The molecule has 300 valence electrons. The Morgan fingerprint density at radius 2 is 0.733 bits per heavy atom. The van der Waals surface area contributed by atoms with E-state index in [-0.39, 0.29) is 24.8 Å². The third-order valence-electron chi connectivity index (χ3n) is 10.6. The van der Waals surface area contributed by atoms with Gasteiger partial charge in [0.15, 0.2) is 0 Å². The van der Waals surface area contributed by atoms with Gasteiger partial charge in [0.25, 0.3) is 0 Å². The molecule has 60 heavy (non-hydrogen) atoms. The minimum Gasteiger partial charge on any atom is -1.00 e. The average molecular weight is 976 g/mol. The topological polar surface area (TPSA) is 0 Å². The third-order valence-corrected chi connectivity index (χ3v) is 10.6. The average Bonchev–Trinajstić information content (AvgIpc) is 4.01. The molecule has 0 aliphatic heterocycles. The van der Waals surface area contributed by atoms with Crippen LogP contribution in [0.2, 0.25) is 0 Å². The summed E-state index contributed by atoms with van der Waals surface area (Å²) in [6.45, 7) is 13.1. The summed E-state index contributed by atoms with van der Waals surface area (Å²) in [5.74, 6) is 0.859. The molecule has 0 saturated carbocycles. The van der Waals surface area contributed by atoms with E-state index in [1.165, 1.54) is 94.0 Å². The number of halogens is 2. The molecule has 8 aromatic rings. The minimum atomic E-state index is 0. The molecule has 8 aromatic carbocycles. The molecule has 0 bridgehead atoms. The van der Waals surface area contributed by atoms with Gasteiger partial charge in [-0.05, 0) is 34.1 Å². The summed E-state index contributed by atoms with van der Waals surface area (Å²) in [4.78, 5) is 0. The molecular weight excluding hydrogens is 926 g/mol. The van der Waals surface area contributed by atoms with Gasteiger partial charge in [-0.2, -0.15) is 0 Å². The van der Waals surface area contributed by atoms with Crippen LogP contribution in [0, 0.1) is 11.8 Å². The molecule has 0 aromatic heterocycles. The van der Waals surface area contributed by atoms with Crippen LogP contribution in [0.1, 0.15) is 63.8 Å². The Morgan fingerprint density at radius 3 is 1.10 bits per heavy atom. The monoisotopic (exact) mass is 972 g/mol. The number of allylic oxidation sites excluding steroid dienone is 8. The van der Waals surface area contributed by atoms with Crippen molar-refractivity contribution in [2.75, 3.05) is 0 Å². The molecule has 0 amide bonds. The molecule has 10 rings (SSSR count). The number of rotatable bonds is 4. The Balaban J connectivity index is 0.000000188. The van der Waals surface area contributed by atoms with Gasteiger partial charge in [-0.3, -0.25) is 0 Å². The molecule has 0 fully saturated rings. The minimum absolute atomic E-state index is 0. The fraction of sp³-hybridized carbons (Fsp3) is 0.143. The van der Waals surface area contributed by atoms with Crippen molar-refractivity contribution in [3.05, 3.63) is 204 Å². The smallest absolute Gasteiger partial charge is 1.00 e. The van der Waals surface area contributed by atoms with Crippen LogP contribution in [0.4, 0.5) is 0 Å². The molecule has 0 nitrogen and oxygen atoms in total. The summed E-state index contributed by atoms with van der Waals surface area (Å²) >= 11 is 3.11. The Kier molecular flexibility index (Phi) is 17.1. The zero-order chi connectivity index (χ0) is 40.8. The number of hydrogen-bond acceptors (Lipinski definition) is 0. The van der Waals surface area contributed by atoms with Crippen LogP contribution in [-0.4, -0.2) is 6.41 Å². The first-order chi connectivity index (χ1) is 28.1. The van der Waals surface area contributed by atoms with E-state index >= 15 is 0 Å². The van der Waals surface area contributed by atoms with E-state index in [2.05, 4.69) is 224 Å². The number of benzene rings is 6. The van der Waals surface area contributed by atoms with Gasteiger partial charge in [0.2, 0.25) is 0 Å². The maximum atomic E-state index is 2.38. The number of hydrogen-bond donors (Lipinski definition) is 0. The fourth-order valence-electron chi connectivity index (χ4n) is 8.14. The van der Waals surface area contributed by atoms with E-state index < -0.39 is 0 Å². The SMILES string of the molecule is CC1C=C(c2ccccc2)C=C1c1cccc2c1[cH-]c1ccccc12.CC1C=C(c2ccccc2)C=C1c1cccc2c1[cH-]c1ccccc12.C[C](C)=[Zr].C[C](C)=[Zr].[Cl-].[Cl-]. The Bertz CT molecular complexity index is 2670. The summed E-state index contributed by atoms with van der Waals surface area (Å²) in [6.07, 6.45) is 9.50. The van der Waals surface area contributed by atoms with Crippen molar-refractivity contribution in [2.24, 2.45) is 11.8 Å². The second-order valence-corrected chi connectivity index (χ2v) is 20.7. The third kappa shape index (κ3) is 10.9. The standard InChI is InChI=1S/2C25H19.2C3H6.2ClH.2Zr/c2*1-17-14-20(18-8-3-2-4-9-18)16-24(17)23-13-7-12-22-21-11-6-5-10-19(21)15-25(22)23;2*1-3-2;;;;/h2*2-17H,1H3;2*1-2H3;2*1H;;/q2*-1;;;;;;/p-2. The molecule has 2 aliphatic rings. The van der Waals surface area contributed by atoms with Gasteiger partial charge in [-0.25, -0.2) is 0 Å². The summed E-state index contributed by atoms with van der Waals surface area (Å²) in [5, 5.41) is 10.8. The van der Waals surface area contributed by atoms with Crippen LogP contribution in [0.5, 0.6) is 0 Å². The second-order valence-electron chi connectivity index (χ2n) is 15.7. The largest absolute Gasteiger partial charge is 1.00 e. The molecular formula is C56H50Cl2Zr2-4. The van der Waals surface area contributed by atoms with Crippen LogP contribution in [0.3, 0.4) is 0 Å². The zero-order valence-electron chi connectivity index (χ0n) is 35.2. The van der Waals surface area contributed by atoms with Crippen LogP contribution < -0.4 is 24.8 Å². The molecule has 0 saturated heterocycles. The molecule has 4 heteroatoms. The van der Waals surface area contributed by atoms with E-state index in [1.807, 2.05) is 0 Å². The van der Waals surface area contributed by atoms with Crippen molar-refractivity contribution >= 4 is 71.8 Å². The van der Waals surface area contributed by atoms with Gasteiger partial charge in [0, 0.05) is 0 Å². The van der Waals surface area contributed by atoms with Crippen LogP contribution in [0.25, 0.3) is 65.4 Å². The quantitative estimate of drug-likeness (QED) is 0.155. The van der Waals surface area contributed by atoms with Crippen LogP contribution in [0.15, 0.2) is 182 Å². The van der Waals surface area contributed by atoms with Gasteiger partial charge in [0.1, 0.15) is 0 Å². The van der Waals surface area contributed by atoms with Crippen LogP contribution in [-0.2, 0) is 48.5 Å². The van der Waals surface area contributed by atoms with Crippen molar-refractivity contribution in [1.82, 2.24) is 0 Å². The summed E-state index contributed by atoms with van der Waals surface area (Å²) in [7, 11) is 0. The zero-order valence-corrected chi connectivity index (χ0v) is 41.7. The maximum Gasteiger partial charge on any atom is -1.00 e. The van der Waals surface area contributed by atoms with Crippen molar-refractivity contribution in [1.29, 1.82) is 0 Å². The molecule has 0 radical (unpaired) electrons. The van der Waals surface area contributed by atoms with Crippen molar-refractivity contribution < 1.29 is 73.3 Å². The predicted octanol–water partition coefficient (Wildman–Crippen LogP) is 9.16. The first-order valence-corrected chi connectivity index (χ1v) is 22.7. The summed E-state index contributed by atoms with van der Waals surface area (Å²) < 4.78 is 3.01. The van der Waals surface area contributed by atoms with Crippen molar-refractivity contribution in [2.45, 2.75) is 41.5 Å². The van der Waals surface area contributed by atoms with E-state index in [0.29, 0.717) is 11.8 Å². The molecule has 2 aliphatic carbocycles. The van der Waals surface area contributed by atoms with Gasteiger partial charge in [0.05, 0.1) is 0 Å². The van der Waals surface area contributed by atoms with Crippen molar-refractivity contribution in [3.8, 4) is 0 Å². The summed E-state index contributed by atoms with van der Waals surface area (Å²) in [6, 6.07) is 56.8. The normalized spacial score (nSPS) is 15.1. The van der Waals surface area contributed by atoms with E-state index in [9.17, 15) is 0 Å². The van der Waals surface area contributed by atoms with Gasteiger partial charge >= 0.3 is 82.6 Å². The Labute approximate surface area is 399 Å². The Morgan fingerprint density at radius 1 is 0.417 bits per heavy atom. The Hall–Kier alpha value is -3.89. The van der Waals surface area contributed by atoms with Crippen molar-refractivity contribution in [3.63, 3.8) is 0 Å². The molecule has 2 unspecified atom stereocenters. The van der Waals surface area contributed by atoms with E-state index in [0.717, 1.165) is 0 Å². The van der Waals surface area contributed by atoms with E-state index in [4.69, 9.17) is 0 Å². The molecule has 2 atom stereocenters. The first kappa shape index (κ1) is 47.2. The first-order valence-electron chi connectivity index (χ1n) is 20.2. The van der Waals surface area contributed by atoms with Gasteiger partial charge in [-0.1, -0.05) is 194 Å². The van der Waals surface area contributed by atoms with Gasteiger partial charge in [-0.15, -0.1) is 67.4 Å². The molecule has 0 spiro atoms. The number of fused-ring (bicyclic) bond motifs is 6. The summed E-state index contributed by atoms with van der Waals surface area (Å²) in [5.41, 5.74) is 10.8. The maximum absolute atomic E-state index is 2.38. The van der Waals surface area contributed by atoms with Gasteiger partial charge < -0.3 is 24.8 Å². The molecule has 0 N–H and O–H groups in total. The molecule has 0 heterocycles. The second kappa shape index (κ2) is 21.8. The fourth-order valence-corrected chi connectivity index (χ4v) is 8.14. The predicted molar refractivity (Wildman–Crippen MR) is 250 cm³/mol. The van der Waals surface area contributed by atoms with E-state index in [1.54, 1.807) is 48.5 Å². The van der Waals surface area contributed by atoms with Crippen LogP contribution >= 0.6 is 0 Å².